The lowest BCUT2D eigenvalue weighted by Gasteiger charge is -2.11. The summed E-state index contributed by atoms with van der Waals surface area (Å²) < 4.78 is 18.3. The Balaban J connectivity index is 1.40. The van der Waals surface area contributed by atoms with E-state index in [0.717, 1.165) is 16.8 Å². The van der Waals surface area contributed by atoms with E-state index in [-0.39, 0.29) is 12.5 Å². The summed E-state index contributed by atoms with van der Waals surface area (Å²) in [5, 5.41) is 7.22. The van der Waals surface area contributed by atoms with Crippen LogP contribution in [0.2, 0.25) is 0 Å². The molecule has 0 aliphatic rings. The quantitative estimate of drug-likeness (QED) is 0.252. The van der Waals surface area contributed by atoms with Crippen molar-refractivity contribution in [2.75, 3.05) is 26.1 Å². The van der Waals surface area contributed by atoms with Gasteiger partial charge >= 0.3 is 0 Å². The van der Waals surface area contributed by atoms with Gasteiger partial charge in [-0.2, -0.15) is 5.10 Å². The minimum atomic E-state index is -0.293. The van der Waals surface area contributed by atoms with Crippen LogP contribution in [0.15, 0.2) is 84.1 Å². The number of carbonyl (C=O) groups excluding carboxylic acids is 1. The number of rotatable bonds is 9. The Morgan fingerprint density at radius 1 is 1.03 bits per heavy atom. The summed E-state index contributed by atoms with van der Waals surface area (Å²) in [6.07, 6.45) is 3.51. The average Bonchev–Trinajstić information content (AvgIpc) is 3.27. The largest absolute Gasteiger partial charge is 0.497 e. The molecular formula is C26H24N4O4S. The standard InChI is InChI=1S/C26H24N4O4S/c1-32-21-11-9-20(10-12-21)28-25(31)17-34-23-13-8-18(14-24(23)33-2)15-27-30-16-22(29-26(30)35)19-6-4-3-5-7-19/h3-16H,17H2,1-2H3,(H,28,31)(H,29,35). The SMILES string of the molecule is COc1ccc(NC(=O)COc2ccc(C=Nn3cc(-c4ccccc4)[nH]c3=S)cc2OC)cc1. The van der Waals surface area contributed by atoms with E-state index in [1.165, 1.54) is 7.11 Å². The molecule has 1 heterocycles. The second-order valence-corrected chi connectivity index (χ2v) is 7.79. The van der Waals surface area contributed by atoms with E-state index in [2.05, 4.69) is 15.4 Å². The van der Waals surface area contributed by atoms with E-state index in [1.807, 2.05) is 42.6 Å². The number of nitrogens with zero attached hydrogens (tertiary/aromatic N) is 2. The Morgan fingerprint density at radius 2 is 1.80 bits per heavy atom. The lowest BCUT2D eigenvalue weighted by atomic mass is 10.2. The number of ether oxygens (including phenoxy) is 3. The van der Waals surface area contributed by atoms with Crippen molar-refractivity contribution in [1.29, 1.82) is 0 Å². The summed E-state index contributed by atoms with van der Waals surface area (Å²) in [6, 6.07) is 22.2. The van der Waals surface area contributed by atoms with E-state index in [0.29, 0.717) is 27.7 Å². The summed E-state index contributed by atoms with van der Waals surface area (Å²) in [5.41, 5.74) is 3.33. The molecule has 0 bridgehead atoms. The molecular weight excluding hydrogens is 464 g/mol. The molecule has 0 aliphatic carbocycles. The summed E-state index contributed by atoms with van der Waals surface area (Å²) in [6.45, 7) is -0.170. The maximum absolute atomic E-state index is 12.3. The van der Waals surface area contributed by atoms with Gasteiger partial charge in [-0.15, -0.1) is 0 Å². The van der Waals surface area contributed by atoms with Gasteiger partial charge in [0, 0.05) is 5.69 Å². The van der Waals surface area contributed by atoms with Crippen LogP contribution < -0.4 is 19.5 Å². The summed E-state index contributed by atoms with van der Waals surface area (Å²) in [4.78, 5) is 15.4. The first-order chi connectivity index (χ1) is 17.1. The minimum absolute atomic E-state index is 0.170. The number of aromatic amines is 1. The van der Waals surface area contributed by atoms with Gasteiger partial charge in [0.25, 0.3) is 5.91 Å². The molecule has 0 saturated heterocycles. The van der Waals surface area contributed by atoms with Crippen molar-refractivity contribution in [2.24, 2.45) is 5.10 Å². The highest BCUT2D eigenvalue weighted by molar-refractivity contribution is 7.71. The average molecular weight is 489 g/mol. The van der Waals surface area contributed by atoms with Crippen molar-refractivity contribution in [2.45, 2.75) is 0 Å². The van der Waals surface area contributed by atoms with E-state index < -0.39 is 0 Å². The zero-order chi connectivity index (χ0) is 24.6. The van der Waals surface area contributed by atoms with Crippen LogP contribution in [0.5, 0.6) is 17.2 Å². The highest BCUT2D eigenvalue weighted by atomic mass is 32.1. The molecule has 0 atom stereocenters. The van der Waals surface area contributed by atoms with Crippen molar-refractivity contribution in [3.8, 4) is 28.5 Å². The van der Waals surface area contributed by atoms with Crippen molar-refractivity contribution in [3.05, 3.63) is 89.3 Å². The van der Waals surface area contributed by atoms with Gasteiger partial charge in [0.1, 0.15) is 5.75 Å². The molecule has 0 aliphatic heterocycles. The predicted molar refractivity (Wildman–Crippen MR) is 138 cm³/mol. The molecule has 0 unspecified atom stereocenters. The lowest BCUT2D eigenvalue weighted by Crippen LogP contribution is -2.20. The fourth-order valence-corrected chi connectivity index (χ4v) is 3.47. The van der Waals surface area contributed by atoms with E-state index in [4.69, 9.17) is 26.4 Å². The second-order valence-electron chi connectivity index (χ2n) is 7.40. The van der Waals surface area contributed by atoms with Gasteiger partial charge in [0.2, 0.25) is 0 Å². The molecule has 8 nitrogen and oxygen atoms in total. The Morgan fingerprint density at radius 3 is 2.51 bits per heavy atom. The number of amides is 1. The molecule has 35 heavy (non-hydrogen) atoms. The first kappa shape index (κ1) is 23.8. The van der Waals surface area contributed by atoms with Gasteiger partial charge < -0.3 is 24.5 Å². The first-order valence-electron chi connectivity index (χ1n) is 10.7. The molecule has 0 saturated carbocycles. The molecule has 2 N–H and O–H groups in total. The molecule has 1 aromatic heterocycles. The molecule has 9 heteroatoms. The second kappa shape index (κ2) is 11.2. The van der Waals surface area contributed by atoms with Crippen LogP contribution in [-0.4, -0.2) is 42.6 Å². The number of benzene rings is 3. The van der Waals surface area contributed by atoms with Crippen LogP contribution in [0.3, 0.4) is 0 Å². The third-order valence-electron chi connectivity index (χ3n) is 5.04. The van der Waals surface area contributed by atoms with E-state index in [9.17, 15) is 4.79 Å². The molecule has 178 valence electrons. The van der Waals surface area contributed by atoms with Crippen LogP contribution >= 0.6 is 12.2 Å². The number of H-pyrrole nitrogens is 1. The Hall–Kier alpha value is -4.37. The van der Waals surface area contributed by atoms with Crippen LogP contribution in [0.1, 0.15) is 5.56 Å². The number of imidazole rings is 1. The molecule has 4 aromatic rings. The Bertz CT molecular complexity index is 1380. The maximum Gasteiger partial charge on any atom is 0.262 e. The van der Waals surface area contributed by atoms with Gasteiger partial charge in [0.15, 0.2) is 22.9 Å². The fourth-order valence-electron chi connectivity index (χ4n) is 3.26. The van der Waals surface area contributed by atoms with Crippen molar-refractivity contribution in [1.82, 2.24) is 9.66 Å². The Kier molecular flexibility index (Phi) is 7.59. The van der Waals surface area contributed by atoms with Crippen molar-refractivity contribution < 1.29 is 19.0 Å². The summed E-state index contributed by atoms with van der Waals surface area (Å²) in [7, 11) is 3.12. The number of anilines is 1. The smallest absolute Gasteiger partial charge is 0.262 e. The normalized spacial score (nSPS) is 10.8. The number of nitrogens with one attached hydrogen (secondary N) is 2. The van der Waals surface area contributed by atoms with Gasteiger partial charge in [-0.05, 0) is 65.8 Å². The molecule has 3 aromatic carbocycles. The fraction of sp³-hybridized carbons (Fsp3) is 0.115. The van der Waals surface area contributed by atoms with Crippen LogP contribution in [0.25, 0.3) is 11.3 Å². The van der Waals surface area contributed by atoms with Crippen LogP contribution in [-0.2, 0) is 4.79 Å². The number of carbonyl (C=O) groups is 1. The number of hydrogen-bond acceptors (Lipinski definition) is 6. The maximum atomic E-state index is 12.3. The molecule has 0 radical (unpaired) electrons. The topological polar surface area (TPSA) is 89.9 Å². The van der Waals surface area contributed by atoms with Gasteiger partial charge in [-0.25, -0.2) is 4.68 Å². The highest BCUT2D eigenvalue weighted by Crippen LogP contribution is 2.28. The number of methoxy groups -OCH3 is 2. The molecule has 0 spiro atoms. The predicted octanol–water partition coefficient (Wildman–Crippen LogP) is 5.13. The minimum Gasteiger partial charge on any atom is -0.497 e. The first-order valence-corrected chi connectivity index (χ1v) is 11.1. The molecule has 1 amide bonds. The number of hydrogen-bond donors (Lipinski definition) is 2. The van der Waals surface area contributed by atoms with E-state index in [1.54, 1.807) is 54.4 Å². The van der Waals surface area contributed by atoms with Crippen molar-refractivity contribution in [3.63, 3.8) is 0 Å². The third kappa shape index (κ3) is 6.15. The zero-order valence-electron chi connectivity index (χ0n) is 19.2. The van der Waals surface area contributed by atoms with Crippen molar-refractivity contribution >= 4 is 30.0 Å². The van der Waals surface area contributed by atoms with E-state index >= 15 is 0 Å². The van der Waals surface area contributed by atoms with Crippen LogP contribution in [0.4, 0.5) is 5.69 Å². The molecule has 4 rings (SSSR count). The lowest BCUT2D eigenvalue weighted by molar-refractivity contribution is -0.118. The summed E-state index contributed by atoms with van der Waals surface area (Å²) >= 11 is 5.38. The third-order valence-corrected chi connectivity index (χ3v) is 5.33. The van der Waals surface area contributed by atoms with Gasteiger partial charge in [-0.1, -0.05) is 30.3 Å². The Labute approximate surface area is 207 Å². The van der Waals surface area contributed by atoms with Crippen LogP contribution in [0, 0.1) is 4.77 Å². The zero-order valence-corrected chi connectivity index (χ0v) is 20.0. The van der Waals surface area contributed by atoms with Gasteiger partial charge in [-0.3, -0.25) is 4.79 Å². The summed E-state index contributed by atoms with van der Waals surface area (Å²) in [5.74, 6) is 1.34. The monoisotopic (exact) mass is 488 g/mol. The molecule has 0 fully saturated rings. The number of aromatic nitrogens is 2. The highest BCUT2D eigenvalue weighted by Gasteiger charge is 2.09. The van der Waals surface area contributed by atoms with Gasteiger partial charge in [0.05, 0.1) is 32.3 Å².